The molecule has 0 saturated carbocycles. The third-order valence-corrected chi connectivity index (χ3v) is 9.03. The molecule has 0 unspecified atom stereocenters. The molecule has 0 amide bonds. The first-order valence-electron chi connectivity index (χ1n) is 13.5. The summed E-state index contributed by atoms with van der Waals surface area (Å²) in [6.45, 7) is 2.51. The van der Waals surface area contributed by atoms with E-state index in [4.69, 9.17) is 9.47 Å². The second-order valence-electron chi connectivity index (χ2n) is 10.8. The zero-order valence-corrected chi connectivity index (χ0v) is 21.5. The smallest absolute Gasteiger partial charge is 0.205 e. The average Bonchev–Trinajstić information content (AvgIpc) is 3.69. The van der Waals surface area contributed by atoms with Crippen molar-refractivity contribution in [2.45, 2.75) is 63.1 Å². The quantitative estimate of drug-likeness (QED) is 0.312. The van der Waals surface area contributed by atoms with E-state index in [2.05, 4.69) is 25.1 Å². The highest BCUT2D eigenvalue weighted by atomic mass is 16.5. The Balaban J connectivity index is 1.28. The maximum atomic E-state index is 11.7. The monoisotopic (exact) mass is 506 g/mol. The molecule has 3 aliphatic rings. The number of ether oxygens (including phenoxy) is 2. The van der Waals surface area contributed by atoms with Crippen molar-refractivity contribution in [3.63, 3.8) is 0 Å². The van der Waals surface area contributed by atoms with E-state index in [0.717, 1.165) is 42.2 Å². The van der Waals surface area contributed by atoms with Crippen LogP contribution in [0.4, 0.5) is 0 Å². The summed E-state index contributed by atoms with van der Waals surface area (Å²) in [6.07, 6.45) is 6.25. The van der Waals surface area contributed by atoms with E-state index in [9.17, 15) is 15.5 Å². The van der Waals surface area contributed by atoms with Crippen LogP contribution in [-0.2, 0) is 28.8 Å². The van der Waals surface area contributed by atoms with Crippen molar-refractivity contribution >= 4 is 10.8 Å². The Morgan fingerprint density at radius 1 is 0.947 bits per heavy atom. The molecule has 192 valence electrons. The summed E-state index contributed by atoms with van der Waals surface area (Å²) >= 11 is 0. The van der Waals surface area contributed by atoms with Gasteiger partial charge in [0.25, 0.3) is 0 Å². The Labute approximate surface area is 221 Å². The number of hydrogen-bond donors (Lipinski definition) is 2. The molecule has 3 aromatic carbocycles. The lowest BCUT2D eigenvalue weighted by Crippen LogP contribution is -2.25. The number of fused-ring (bicyclic) bond motifs is 7. The van der Waals surface area contributed by atoms with Gasteiger partial charge in [0.15, 0.2) is 0 Å². The van der Waals surface area contributed by atoms with Crippen molar-refractivity contribution in [2.75, 3.05) is 6.61 Å². The SMILES string of the molecule is CC[C@@]12CC[C@@](CCOc3ccc4c(c3)CCC4)(O1)c1c2c(O)n(-c2ccc(C#N)c3ccccc23)c1O. The summed E-state index contributed by atoms with van der Waals surface area (Å²) < 4.78 is 14.5. The van der Waals surface area contributed by atoms with Gasteiger partial charge in [0.1, 0.15) is 11.4 Å². The van der Waals surface area contributed by atoms with Crippen LogP contribution in [0.5, 0.6) is 17.5 Å². The summed E-state index contributed by atoms with van der Waals surface area (Å²) in [5.74, 6) is 0.879. The van der Waals surface area contributed by atoms with E-state index in [-0.39, 0.29) is 11.8 Å². The standard InChI is InChI=1S/C32H30N2O4/c1-2-31-14-15-32(38-31,16-17-37-23-12-10-20-6-5-7-21(20)18-23)28-27(31)29(35)34(30(28)36)26-13-11-22(19-33)24-8-3-4-9-25(24)26/h3-4,8-13,18,35-36H,2,5-7,14-17H2,1H3/t31-,32-/m0/s1. The first-order valence-corrected chi connectivity index (χ1v) is 13.5. The highest BCUT2D eigenvalue weighted by molar-refractivity contribution is 5.95. The summed E-state index contributed by atoms with van der Waals surface area (Å²) in [5, 5.41) is 34.5. The number of aromatic nitrogens is 1. The van der Waals surface area contributed by atoms with Gasteiger partial charge in [-0.05, 0) is 73.9 Å². The number of nitrogens with zero attached hydrogens (tertiary/aromatic N) is 2. The minimum absolute atomic E-state index is 0.0000773. The zero-order valence-electron chi connectivity index (χ0n) is 21.5. The van der Waals surface area contributed by atoms with Crippen LogP contribution in [0.15, 0.2) is 54.6 Å². The van der Waals surface area contributed by atoms with Crippen LogP contribution < -0.4 is 4.74 Å². The van der Waals surface area contributed by atoms with Gasteiger partial charge in [-0.15, -0.1) is 0 Å². The van der Waals surface area contributed by atoms with Gasteiger partial charge in [-0.1, -0.05) is 37.3 Å². The molecule has 2 atom stereocenters. The molecular formula is C32H30N2O4. The Morgan fingerprint density at radius 3 is 2.47 bits per heavy atom. The number of hydrogen-bond acceptors (Lipinski definition) is 5. The fraction of sp³-hybridized carbons (Fsp3) is 0.344. The lowest BCUT2D eigenvalue weighted by Gasteiger charge is -2.27. The molecule has 6 heteroatoms. The van der Waals surface area contributed by atoms with Crippen molar-refractivity contribution in [1.29, 1.82) is 5.26 Å². The molecule has 38 heavy (non-hydrogen) atoms. The normalized spacial score (nSPS) is 22.9. The van der Waals surface area contributed by atoms with E-state index in [1.54, 1.807) is 12.1 Å². The Morgan fingerprint density at radius 2 is 1.68 bits per heavy atom. The van der Waals surface area contributed by atoms with E-state index in [1.807, 2.05) is 30.3 Å². The lowest BCUT2D eigenvalue weighted by molar-refractivity contribution is -0.0986. The number of nitriles is 1. The van der Waals surface area contributed by atoms with Crippen LogP contribution in [0.2, 0.25) is 0 Å². The first kappa shape index (κ1) is 23.2. The summed E-state index contributed by atoms with van der Waals surface area (Å²) in [6, 6.07) is 19.7. The molecule has 1 fully saturated rings. The summed E-state index contributed by atoms with van der Waals surface area (Å²) in [7, 11) is 0. The molecule has 6 nitrogen and oxygen atoms in total. The number of benzene rings is 3. The molecule has 1 aromatic heterocycles. The van der Waals surface area contributed by atoms with Crippen LogP contribution in [0.25, 0.3) is 16.5 Å². The number of aryl methyl sites for hydroxylation is 2. The topological polar surface area (TPSA) is 87.6 Å². The van der Waals surface area contributed by atoms with Gasteiger partial charge in [0.05, 0.1) is 40.7 Å². The van der Waals surface area contributed by atoms with E-state index in [0.29, 0.717) is 41.8 Å². The highest BCUT2D eigenvalue weighted by Gasteiger charge is 2.62. The fourth-order valence-corrected chi connectivity index (χ4v) is 7.14. The van der Waals surface area contributed by atoms with Gasteiger partial charge in [-0.2, -0.15) is 5.26 Å². The number of aromatic hydroxyl groups is 2. The highest BCUT2D eigenvalue weighted by Crippen LogP contribution is 2.66. The third-order valence-electron chi connectivity index (χ3n) is 9.03. The predicted molar refractivity (Wildman–Crippen MR) is 144 cm³/mol. The van der Waals surface area contributed by atoms with Crippen molar-refractivity contribution in [3.05, 3.63) is 82.4 Å². The average molecular weight is 507 g/mol. The maximum absolute atomic E-state index is 11.7. The minimum atomic E-state index is -0.725. The summed E-state index contributed by atoms with van der Waals surface area (Å²) in [5.41, 5.74) is 3.98. The third kappa shape index (κ3) is 3.09. The van der Waals surface area contributed by atoms with Gasteiger partial charge >= 0.3 is 0 Å². The largest absolute Gasteiger partial charge is 0.494 e. The van der Waals surface area contributed by atoms with Crippen LogP contribution in [0, 0.1) is 11.3 Å². The fourth-order valence-electron chi connectivity index (χ4n) is 7.14. The second kappa shape index (κ2) is 8.28. The molecule has 0 spiro atoms. The number of rotatable bonds is 6. The molecular weight excluding hydrogens is 476 g/mol. The lowest BCUT2D eigenvalue weighted by atomic mass is 9.76. The van der Waals surface area contributed by atoms with Crippen molar-refractivity contribution in [2.24, 2.45) is 0 Å². The van der Waals surface area contributed by atoms with E-state index < -0.39 is 11.2 Å². The van der Waals surface area contributed by atoms with Crippen LogP contribution in [0.3, 0.4) is 0 Å². The van der Waals surface area contributed by atoms with Gasteiger partial charge in [-0.25, -0.2) is 0 Å². The van der Waals surface area contributed by atoms with Gasteiger partial charge in [0.2, 0.25) is 11.8 Å². The van der Waals surface area contributed by atoms with Crippen LogP contribution in [-0.4, -0.2) is 21.4 Å². The van der Waals surface area contributed by atoms with Crippen LogP contribution >= 0.6 is 0 Å². The van der Waals surface area contributed by atoms with Gasteiger partial charge in [0, 0.05) is 17.2 Å². The van der Waals surface area contributed by atoms with E-state index >= 15 is 0 Å². The zero-order chi connectivity index (χ0) is 26.1. The van der Waals surface area contributed by atoms with Crippen LogP contribution in [0.1, 0.15) is 66.8 Å². The molecule has 1 saturated heterocycles. The maximum Gasteiger partial charge on any atom is 0.205 e. The molecule has 2 aliphatic heterocycles. The molecule has 2 bridgehead atoms. The molecule has 0 radical (unpaired) electrons. The Hall–Kier alpha value is -3.95. The van der Waals surface area contributed by atoms with Crippen molar-refractivity contribution in [3.8, 4) is 29.3 Å². The molecule has 7 rings (SSSR count). The minimum Gasteiger partial charge on any atom is -0.494 e. The molecule has 1 aliphatic carbocycles. The molecule has 3 heterocycles. The van der Waals surface area contributed by atoms with Crippen molar-refractivity contribution in [1.82, 2.24) is 4.57 Å². The van der Waals surface area contributed by atoms with Gasteiger partial charge < -0.3 is 19.7 Å². The summed E-state index contributed by atoms with van der Waals surface area (Å²) in [4.78, 5) is 0. The van der Waals surface area contributed by atoms with Gasteiger partial charge in [-0.3, -0.25) is 4.57 Å². The Kier molecular flexibility index (Phi) is 5.05. The molecule has 2 N–H and O–H groups in total. The van der Waals surface area contributed by atoms with E-state index in [1.165, 1.54) is 22.1 Å². The van der Waals surface area contributed by atoms with Crippen molar-refractivity contribution < 1.29 is 19.7 Å². The second-order valence-corrected chi connectivity index (χ2v) is 10.8. The first-order chi connectivity index (χ1) is 18.5. The Bertz CT molecular complexity index is 1650. The predicted octanol–water partition coefficient (Wildman–Crippen LogP) is 6.50. The molecule has 4 aromatic rings.